The van der Waals surface area contributed by atoms with Crippen molar-refractivity contribution in [1.82, 2.24) is 10.6 Å². The Kier molecular flexibility index (Phi) is 4.50. The molecule has 124 valence electrons. The van der Waals surface area contributed by atoms with Crippen molar-refractivity contribution in [3.63, 3.8) is 0 Å². The minimum atomic E-state index is -1.06. The van der Waals surface area contributed by atoms with Gasteiger partial charge in [0.2, 0.25) is 0 Å². The van der Waals surface area contributed by atoms with Gasteiger partial charge in [-0.25, -0.2) is 9.59 Å². The van der Waals surface area contributed by atoms with Gasteiger partial charge in [-0.2, -0.15) is 0 Å². The van der Waals surface area contributed by atoms with Crippen molar-refractivity contribution in [3.05, 3.63) is 35.2 Å². The number of imide groups is 1. The maximum Gasteiger partial charge on any atom is 0.349 e. The molecule has 2 N–H and O–H groups in total. The van der Waals surface area contributed by atoms with Crippen molar-refractivity contribution in [2.45, 2.75) is 13.0 Å². The van der Waals surface area contributed by atoms with Crippen LogP contribution in [0.4, 0.5) is 4.79 Å². The summed E-state index contributed by atoms with van der Waals surface area (Å²) in [6, 6.07) is 9.11. The normalized spacial score (nSPS) is 12.1. The summed E-state index contributed by atoms with van der Waals surface area (Å²) in [4.78, 5) is 35.5. The molecule has 3 amide bonds. The van der Waals surface area contributed by atoms with Gasteiger partial charge in [0.05, 0.1) is 4.70 Å². The fourth-order valence-corrected chi connectivity index (χ4v) is 4.56. The molecule has 3 rings (SSSR count). The predicted molar refractivity (Wildman–Crippen MR) is 94.7 cm³/mol. The zero-order valence-corrected chi connectivity index (χ0v) is 14.5. The third-order valence-corrected chi connectivity index (χ3v) is 5.76. The van der Waals surface area contributed by atoms with Crippen LogP contribution in [-0.2, 0) is 9.53 Å². The first kappa shape index (κ1) is 16.4. The SMILES string of the molecule is CNC(=O)NC(=O)[C@H](C)OC(=O)c1cc2sc3ccccc3c2s1. The van der Waals surface area contributed by atoms with E-state index in [1.165, 1.54) is 25.3 Å². The molecule has 24 heavy (non-hydrogen) atoms. The van der Waals surface area contributed by atoms with Gasteiger partial charge in [-0.1, -0.05) is 18.2 Å². The molecule has 0 saturated heterocycles. The Labute approximate surface area is 145 Å². The summed E-state index contributed by atoms with van der Waals surface area (Å²) in [7, 11) is 1.39. The molecular weight excluding hydrogens is 348 g/mol. The van der Waals surface area contributed by atoms with E-state index in [9.17, 15) is 14.4 Å². The van der Waals surface area contributed by atoms with E-state index in [0.717, 1.165) is 19.5 Å². The number of fused-ring (bicyclic) bond motifs is 3. The van der Waals surface area contributed by atoms with E-state index in [1.807, 2.05) is 24.3 Å². The number of nitrogens with one attached hydrogen (secondary N) is 2. The van der Waals surface area contributed by atoms with Gasteiger partial charge in [-0.15, -0.1) is 22.7 Å². The first-order valence-electron chi connectivity index (χ1n) is 7.14. The molecule has 0 unspecified atom stereocenters. The molecule has 2 aromatic heterocycles. The zero-order chi connectivity index (χ0) is 17.3. The predicted octanol–water partition coefficient (Wildman–Crippen LogP) is 3.12. The summed E-state index contributed by atoms with van der Waals surface area (Å²) in [5.41, 5.74) is 0. The number of benzene rings is 1. The molecule has 6 nitrogen and oxygen atoms in total. The highest BCUT2D eigenvalue weighted by atomic mass is 32.1. The molecule has 0 fully saturated rings. The van der Waals surface area contributed by atoms with Crippen LogP contribution in [0.5, 0.6) is 0 Å². The second-order valence-electron chi connectivity index (χ2n) is 5.02. The third kappa shape index (κ3) is 3.10. The number of thiophene rings is 2. The van der Waals surface area contributed by atoms with E-state index in [0.29, 0.717) is 4.88 Å². The molecule has 1 aromatic carbocycles. The fraction of sp³-hybridized carbons (Fsp3) is 0.188. The van der Waals surface area contributed by atoms with E-state index >= 15 is 0 Å². The van der Waals surface area contributed by atoms with Crippen LogP contribution in [-0.4, -0.2) is 31.1 Å². The molecule has 3 aromatic rings. The summed E-state index contributed by atoms with van der Waals surface area (Å²) in [5, 5.41) is 5.43. The van der Waals surface area contributed by atoms with E-state index in [1.54, 1.807) is 17.4 Å². The number of esters is 1. The van der Waals surface area contributed by atoms with E-state index < -0.39 is 24.0 Å². The van der Waals surface area contributed by atoms with Gasteiger partial charge < -0.3 is 10.1 Å². The Morgan fingerprint density at radius 1 is 1.12 bits per heavy atom. The summed E-state index contributed by atoms with van der Waals surface area (Å²) in [6.07, 6.45) is -1.06. The molecule has 0 spiro atoms. The van der Waals surface area contributed by atoms with Gasteiger partial charge in [-0.3, -0.25) is 10.1 Å². The number of amides is 3. The maximum atomic E-state index is 12.2. The van der Waals surface area contributed by atoms with Crippen molar-refractivity contribution >= 4 is 60.1 Å². The number of carbonyl (C=O) groups excluding carboxylic acids is 3. The quantitative estimate of drug-likeness (QED) is 0.701. The Hall–Kier alpha value is -2.45. The Morgan fingerprint density at radius 2 is 1.88 bits per heavy atom. The molecule has 0 aliphatic heterocycles. The average molecular weight is 362 g/mol. The topological polar surface area (TPSA) is 84.5 Å². The minimum absolute atomic E-state index is 0.432. The van der Waals surface area contributed by atoms with Crippen molar-refractivity contribution in [1.29, 1.82) is 0 Å². The second kappa shape index (κ2) is 6.58. The number of urea groups is 1. The molecular formula is C16H14N2O4S2. The summed E-state index contributed by atoms with van der Waals surface area (Å²) >= 11 is 2.95. The lowest BCUT2D eigenvalue weighted by atomic mass is 10.2. The lowest BCUT2D eigenvalue weighted by Crippen LogP contribution is -2.43. The van der Waals surface area contributed by atoms with Crippen molar-refractivity contribution in [2.75, 3.05) is 7.05 Å². The molecule has 0 aliphatic rings. The third-order valence-electron chi connectivity index (χ3n) is 3.37. The highest BCUT2D eigenvalue weighted by Gasteiger charge is 2.22. The minimum Gasteiger partial charge on any atom is -0.448 e. The molecule has 0 saturated carbocycles. The number of hydrogen-bond acceptors (Lipinski definition) is 6. The van der Waals surface area contributed by atoms with E-state index in [-0.39, 0.29) is 0 Å². The number of rotatable bonds is 3. The van der Waals surface area contributed by atoms with Gasteiger partial charge in [0, 0.05) is 21.8 Å². The molecule has 1 atom stereocenters. The number of carbonyl (C=O) groups is 3. The highest BCUT2D eigenvalue weighted by Crippen LogP contribution is 2.39. The Balaban J connectivity index is 1.76. The first-order valence-corrected chi connectivity index (χ1v) is 8.77. The zero-order valence-electron chi connectivity index (χ0n) is 12.9. The van der Waals surface area contributed by atoms with Gasteiger partial charge in [0.15, 0.2) is 6.10 Å². The molecule has 0 bridgehead atoms. The van der Waals surface area contributed by atoms with Crippen LogP contribution in [0.25, 0.3) is 19.5 Å². The summed E-state index contributed by atoms with van der Waals surface area (Å²) < 4.78 is 8.34. The number of hydrogen-bond donors (Lipinski definition) is 2. The van der Waals surface area contributed by atoms with Gasteiger partial charge in [-0.05, 0) is 19.1 Å². The maximum absolute atomic E-state index is 12.2. The van der Waals surface area contributed by atoms with Crippen molar-refractivity contribution in [2.24, 2.45) is 0 Å². The smallest absolute Gasteiger partial charge is 0.349 e. The highest BCUT2D eigenvalue weighted by molar-refractivity contribution is 7.33. The monoisotopic (exact) mass is 362 g/mol. The van der Waals surface area contributed by atoms with Crippen LogP contribution in [0.15, 0.2) is 30.3 Å². The van der Waals surface area contributed by atoms with Gasteiger partial charge in [0.1, 0.15) is 4.88 Å². The van der Waals surface area contributed by atoms with E-state index in [2.05, 4.69) is 10.6 Å². The van der Waals surface area contributed by atoms with Crippen LogP contribution in [0.3, 0.4) is 0 Å². The molecule has 0 radical (unpaired) electrons. The van der Waals surface area contributed by atoms with Crippen LogP contribution in [0.2, 0.25) is 0 Å². The lowest BCUT2D eigenvalue weighted by Gasteiger charge is -2.11. The molecule has 2 heterocycles. The van der Waals surface area contributed by atoms with Crippen LogP contribution < -0.4 is 10.6 Å². The fourth-order valence-electron chi connectivity index (χ4n) is 2.15. The number of ether oxygens (including phenoxy) is 1. The molecule has 8 heteroatoms. The Bertz CT molecular complexity index is 944. The first-order chi connectivity index (χ1) is 11.5. The molecule has 0 aliphatic carbocycles. The van der Waals surface area contributed by atoms with Crippen LogP contribution >= 0.6 is 22.7 Å². The largest absolute Gasteiger partial charge is 0.448 e. The standard InChI is InChI=1S/C16H14N2O4S2/c1-8(14(19)18-16(21)17-2)22-15(20)12-7-11-13(24-12)9-5-3-4-6-10(9)23-11/h3-8H,1-2H3,(H2,17,18,19,21)/t8-/m0/s1. The summed E-state index contributed by atoms with van der Waals surface area (Å²) in [6.45, 7) is 1.42. The van der Waals surface area contributed by atoms with Crippen molar-refractivity contribution in [3.8, 4) is 0 Å². The Morgan fingerprint density at radius 3 is 2.62 bits per heavy atom. The van der Waals surface area contributed by atoms with Gasteiger partial charge >= 0.3 is 12.0 Å². The van der Waals surface area contributed by atoms with Crippen LogP contribution in [0, 0.1) is 0 Å². The summed E-state index contributed by atoms with van der Waals surface area (Å²) in [5.74, 6) is -1.25. The second-order valence-corrected chi connectivity index (χ2v) is 7.15. The van der Waals surface area contributed by atoms with E-state index in [4.69, 9.17) is 4.74 Å². The van der Waals surface area contributed by atoms with Crippen LogP contribution in [0.1, 0.15) is 16.6 Å². The lowest BCUT2D eigenvalue weighted by molar-refractivity contribution is -0.127. The van der Waals surface area contributed by atoms with Gasteiger partial charge in [0.25, 0.3) is 5.91 Å². The average Bonchev–Trinajstić information content (AvgIpc) is 3.12. The van der Waals surface area contributed by atoms with Crippen molar-refractivity contribution < 1.29 is 19.1 Å².